The van der Waals surface area contributed by atoms with Gasteiger partial charge in [0.15, 0.2) is 0 Å². The van der Waals surface area contributed by atoms with Gasteiger partial charge in [0.2, 0.25) is 5.91 Å². The molecule has 0 atom stereocenters. The molecule has 0 radical (unpaired) electrons. The Morgan fingerprint density at radius 2 is 2.00 bits per heavy atom. The van der Waals surface area contributed by atoms with Crippen molar-refractivity contribution in [1.29, 1.82) is 0 Å². The number of aromatic nitrogens is 2. The lowest BCUT2D eigenvalue weighted by molar-refractivity contribution is -0.120. The van der Waals surface area contributed by atoms with Crippen molar-refractivity contribution in [2.45, 2.75) is 13.3 Å². The van der Waals surface area contributed by atoms with Gasteiger partial charge in [0.05, 0.1) is 16.5 Å². The average molecular weight is 339 g/mol. The fraction of sp³-hybridized carbons (Fsp3) is 0.267. The number of nitrogens with one attached hydrogen (secondary N) is 2. The summed E-state index contributed by atoms with van der Waals surface area (Å²) in [6, 6.07) is 5.40. The third kappa shape index (κ3) is 5.16. The van der Waals surface area contributed by atoms with Crippen molar-refractivity contribution < 1.29 is 4.79 Å². The van der Waals surface area contributed by atoms with Crippen LogP contribution in [0.2, 0.25) is 10.0 Å². The van der Waals surface area contributed by atoms with E-state index in [4.69, 9.17) is 23.2 Å². The molecule has 2 aromatic heterocycles. The van der Waals surface area contributed by atoms with Crippen LogP contribution in [0.15, 0.2) is 30.6 Å². The maximum atomic E-state index is 11.8. The number of anilines is 1. The van der Waals surface area contributed by atoms with E-state index in [2.05, 4.69) is 20.6 Å². The first-order valence-corrected chi connectivity index (χ1v) is 7.53. The summed E-state index contributed by atoms with van der Waals surface area (Å²) >= 11 is 11.8. The molecule has 2 heterocycles. The number of pyridine rings is 2. The van der Waals surface area contributed by atoms with Crippen LogP contribution >= 0.6 is 23.2 Å². The first-order chi connectivity index (χ1) is 10.5. The summed E-state index contributed by atoms with van der Waals surface area (Å²) in [5, 5.41) is 6.79. The van der Waals surface area contributed by atoms with Crippen molar-refractivity contribution in [3.8, 4) is 0 Å². The number of aryl methyl sites for hydroxylation is 1. The van der Waals surface area contributed by atoms with E-state index < -0.39 is 0 Å². The Hall–Kier alpha value is -1.85. The Bertz CT molecular complexity index is 646. The number of hydrogen-bond donors (Lipinski definition) is 2. The number of nitrogens with zero attached hydrogens (tertiary/aromatic N) is 2. The summed E-state index contributed by atoms with van der Waals surface area (Å²) in [6.45, 7) is 2.90. The first kappa shape index (κ1) is 16.5. The zero-order chi connectivity index (χ0) is 15.9. The molecule has 5 nitrogen and oxygen atoms in total. The van der Waals surface area contributed by atoms with Gasteiger partial charge >= 0.3 is 0 Å². The molecule has 0 aliphatic heterocycles. The Morgan fingerprint density at radius 1 is 1.18 bits per heavy atom. The number of carbonyl (C=O) groups excluding carboxylic acids is 1. The molecule has 0 saturated heterocycles. The average Bonchev–Trinajstić information content (AvgIpc) is 2.48. The molecule has 0 saturated carbocycles. The van der Waals surface area contributed by atoms with E-state index in [-0.39, 0.29) is 5.91 Å². The first-order valence-electron chi connectivity index (χ1n) is 6.78. The van der Waals surface area contributed by atoms with Crippen LogP contribution < -0.4 is 10.6 Å². The van der Waals surface area contributed by atoms with Crippen LogP contribution in [0, 0.1) is 6.92 Å². The van der Waals surface area contributed by atoms with Crippen molar-refractivity contribution in [3.63, 3.8) is 0 Å². The zero-order valence-corrected chi connectivity index (χ0v) is 13.6. The second kappa shape index (κ2) is 7.96. The van der Waals surface area contributed by atoms with E-state index in [1.54, 1.807) is 12.3 Å². The Morgan fingerprint density at radius 3 is 2.68 bits per heavy atom. The van der Waals surface area contributed by atoms with E-state index >= 15 is 0 Å². The molecule has 7 heteroatoms. The minimum absolute atomic E-state index is 0.0531. The summed E-state index contributed by atoms with van der Waals surface area (Å²) < 4.78 is 0. The lowest BCUT2D eigenvalue weighted by Gasteiger charge is -2.09. The Labute approximate surface area is 139 Å². The third-order valence-corrected chi connectivity index (χ3v) is 3.38. The van der Waals surface area contributed by atoms with Gasteiger partial charge in [0.25, 0.3) is 0 Å². The van der Waals surface area contributed by atoms with Crippen LogP contribution in [0.5, 0.6) is 0 Å². The van der Waals surface area contributed by atoms with Crippen LogP contribution in [0.4, 0.5) is 5.82 Å². The van der Waals surface area contributed by atoms with Gasteiger partial charge in [-0.3, -0.25) is 9.78 Å². The maximum Gasteiger partial charge on any atom is 0.224 e. The van der Waals surface area contributed by atoms with Crippen molar-refractivity contribution in [2.24, 2.45) is 0 Å². The summed E-state index contributed by atoms with van der Waals surface area (Å²) in [4.78, 5) is 20.0. The van der Waals surface area contributed by atoms with Gasteiger partial charge in [-0.25, -0.2) is 4.98 Å². The summed E-state index contributed by atoms with van der Waals surface area (Å²) in [5.41, 5.74) is 1.82. The molecule has 0 bridgehead atoms. The predicted octanol–water partition coefficient (Wildman–Crippen LogP) is 2.86. The number of halogens is 2. The zero-order valence-electron chi connectivity index (χ0n) is 12.1. The molecular weight excluding hydrogens is 323 g/mol. The van der Waals surface area contributed by atoms with Gasteiger partial charge in [-0.15, -0.1) is 0 Å². The smallest absolute Gasteiger partial charge is 0.224 e. The SMILES string of the molecule is Cc1ccc(CC(=O)NCCNc2ncc(Cl)cc2Cl)cn1. The van der Waals surface area contributed by atoms with Crippen LogP contribution in [0.1, 0.15) is 11.3 Å². The van der Waals surface area contributed by atoms with Gasteiger partial charge in [-0.2, -0.15) is 0 Å². The molecule has 2 aromatic rings. The van der Waals surface area contributed by atoms with Crippen molar-refractivity contribution in [1.82, 2.24) is 15.3 Å². The second-order valence-electron chi connectivity index (χ2n) is 4.75. The topological polar surface area (TPSA) is 66.9 Å². The van der Waals surface area contributed by atoms with Crippen LogP contribution in [-0.2, 0) is 11.2 Å². The van der Waals surface area contributed by atoms with Crippen LogP contribution in [0.25, 0.3) is 0 Å². The molecule has 2 N–H and O–H groups in total. The van der Waals surface area contributed by atoms with E-state index in [1.807, 2.05) is 19.1 Å². The third-order valence-electron chi connectivity index (χ3n) is 2.88. The van der Waals surface area contributed by atoms with E-state index in [9.17, 15) is 4.79 Å². The quantitative estimate of drug-likeness (QED) is 0.794. The monoisotopic (exact) mass is 338 g/mol. The highest BCUT2D eigenvalue weighted by Crippen LogP contribution is 2.21. The highest BCUT2D eigenvalue weighted by Gasteiger charge is 2.04. The fourth-order valence-corrected chi connectivity index (χ4v) is 2.23. The number of carbonyl (C=O) groups is 1. The van der Waals surface area contributed by atoms with E-state index in [0.29, 0.717) is 35.4 Å². The largest absolute Gasteiger partial charge is 0.367 e. The van der Waals surface area contributed by atoms with Crippen molar-refractivity contribution in [2.75, 3.05) is 18.4 Å². The lowest BCUT2D eigenvalue weighted by atomic mass is 10.2. The number of amides is 1. The number of rotatable bonds is 6. The molecule has 0 fully saturated rings. The highest BCUT2D eigenvalue weighted by molar-refractivity contribution is 6.35. The molecular formula is C15H16Cl2N4O. The predicted molar refractivity (Wildman–Crippen MR) is 88.4 cm³/mol. The van der Waals surface area contributed by atoms with Gasteiger partial charge in [-0.1, -0.05) is 29.3 Å². The van der Waals surface area contributed by atoms with Gasteiger partial charge < -0.3 is 10.6 Å². The molecule has 2 rings (SSSR count). The van der Waals surface area contributed by atoms with Gasteiger partial charge in [-0.05, 0) is 24.6 Å². The second-order valence-corrected chi connectivity index (χ2v) is 5.59. The molecule has 116 valence electrons. The van der Waals surface area contributed by atoms with Crippen LogP contribution in [-0.4, -0.2) is 29.0 Å². The molecule has 0 aromatic carbocycles. The molecule has 22 heavy (non-hydrogen) atoms. The van der Waals surface area contributed by atoms with E-state index in [1.165, 1.54) is 6.20 Å². The summed E-state index contributed by atoms with van der Waals surface area (Å²) in [6.07, 6.45) is 3.54. The molecule has 0 spiro atoms. The Kier molecular flexibility index (Phi) is 5.98. The van der Waals surface area contributed by atoms with Gasteiger partial charge in [0.1, 0.15) is 5.82 Å². The normalized spacial score (nSPS) is 10.3. The Balaban J connectivity index is 1.72. The standard InChI is InChI=1S/C15H16Cl2N4O/c1-10-2-3-11(8-20-10)6-14(22)18-4-5-19-15-13(17)7-12(16)9-21-15/h2-3,7-9H,4-6H2,1H3,(H,18,22)(H,19,21). The van der Waals surface area contributed by atoms with Crippen molar-refractivity contribution in [3.05, 3.63) is 51.9 Å². The summed E-state index contributed by atoms with van der Waals surface area (Å²) in [5.74, 6) is 0.491. The fourth-order valence-electron chi connectivity index (χ4n) is 1.78. The lowest BCUT2D eigenvalue weighted by Crippen LogP contribution is -2.30. The molecule has 1 amide bonds. The molecule has 0 aliphatic carbocycles. The van der Waals surface area contributed by atoms with Crippen LogP contribution in [0.3, 0.4) is 0 Å². The van der Waals surface area contributed by atoms with E-state index in [0.717, 1.165) is 11.3 Å². The molecule has 0 unspecified atom stereocenters. The summed E-state index contributed by atoms with van der Waals surface area (Å²) in [7, 11) is 0. The minimum atomic E-state index is -0.0531. The number of hydrogen-bond acceptors (Lipinski definition) is 4. The van der Waals surface area contributed by atoms with Crippen molar-refractivity contribution >= 4 is 34.9 Å². The molecule has 0 aliphatic rings. The highest BCUT2D eigenvalue weighted by atomic mass is 35.5. The minimum Gasteiger partial charge on any atom is -0.367 e. The maximum absolute atomic E-state index is 11.8. The van der Waals surface area contributed by atoms with Gasteiger partial charge in [0, 0.05) is 31.2 Å².